The van der Waals surface area contributed by atoms with Gasteiger partial charge in [-0.3, -0.25) is 0 Å². The molecule has 0 atom stereocenters. The summed E-state index contributed by atoms with van der Waals surface area (Å²) in [5.74, 6) is 0.588. The molecular formula is C17H10Br2N2O. The van der Waals surface area contributed by atoms with E-state index in [2.05, 4.69) is 55.0 Å². The number of nitrogens with zero attached hydrogens (tertiary/aromatic N) is 1. The average Bonchev–Trinajstić information content (AvgIpc) is 2.96. The van der Waals surface area contributed by atoms with Crippen molar-refractivity contribution in [3.05, 3.63) is 57.5 Å². The van der Waals surface area contributed by atoms with Crippen LogP contribution >= 0.6 is 31.9 Å². The molecule has 0 unspecified atom stereocenters. The first kappa shape index (κ1) is 13.8. The molecule has 4 aromatic rings. The lowest BCUT2D eigenvalue weighted by Gasteiger charge is -2.02. The fraction of sp³-hybridized carbons (Fsp3) is 0. The second-order valence-corrected chi connectivity index (χ2v) is 6.63. The lowest BCUT2D eigenvalue weighted by Crippen LogP contribution is -1.88. The van der Waals surface area contributed by atoms with E-state index < -0.39 is 0 Å². The highest BCUT2D eigenvalue weighted by molar-refractivity contribution is 9.11. The van der Waals surface area contributed by atoms with E-state index in [1.807, 2.05) is 30.3 Å². The SMILES string of the molecule is Nc1c(Br)cc2nc(-c3cccc4ccccc34)oc2c1Br. The predicted molar refractivity (Wildman–Crippen MR) is 96.8 cm³/mol. The topological polar surface area (TPSA) is 52.0 Å². The Labute approximate surface area is 143 Å². The van der Waals surface area contributed by atoms with E-state index in [1.165, 1.54) is 0 Å². The molecule has 0 saturated heterocycles. The highest BCUT2D eigenvalue weighted by Gasteiger charge is 2.16. The molecule has 1 heterocycles. The van der Waals surface area contributed by atoms with Crippen LogP contribution < -0.4 is 5.73 Å². The van der Waals surface area contributed by atoms with Crippen molar-refractivity contribution in [2.45, 2.75) is 0 Å². The normalized spacial score (nSPS) is 11.4. The zero-order valence-corrected chi connectivity index (χ0v) is 14.5. The largest absolute Gasteiger partial charge is 0.435 e. The quantitative estimate of drug-likeness (QED) is 0.401. The minimum atomic E-state index is 0.588. The van der Waals surface area contributed by atoms with Gasteiger partial charge in [0.25, 0.3) is 0 Å². The maximum atomic E-state index is 6.00. The van der Waals surface area contributed by atoms with Crippen LogP contribution in [-0.2, 0) is 0 Å². The first-order valence-electron chi connectivity index (χ1n) is 6.67. The van der Waals surface area contributed by atoms with Gasteiger partial charge in [0.15, 0.2) is 5.58 Å². The highest BCUT2D eigenvalue weighted by Crippen LogP contribution is 2.38. The smallest absolute Gasteiger partial charge is 0.228 e. The Morgan fingerprint density at radius 3 is 2.64 bits per heavy atom. The van der Waals surface area contributed by atoms with Crippen LogP contribution in [0.3, 0.4) is 0 Å². The third-order valence-electron chi connectivity index (χ3n) is 3.63. The summed E-state index contributed by atoms with van der Waals surface area (Å²) >= 11 is 6.91. The number of oxazole rings is 1. The molecule has 0 aliphatic heterocycles. The molecule has 2 N–H and O–H groups in total. The van der Waals surface area contributed by atoms with Gasteiger partial charge in [0.2, 0.25) is 5.89 Å². The Morgan fingerprint density at radius 1 is 1.00 bits per heavy atom. The number of hydrogen-bond donors (Lipinski definition) is 1. The van der Waals surface area contributed by atoms with Crippen molar-refractivity contribution >= 4 is 59.4 Å². The van der Waals surface area contributed by atoms with Crippen molar-refractivity contribution in [3.8, 4) is 11.5 Å². The summed E-state index contributed by atoms with van der Waals surface area (Å²) in [4.78, 5) is 4.61. The monoisotopic (exact) mass is 416 g/mol. The van der Waals surface area contributed by atoms with E-state index in [-0.39, 0.29) is 0 Å². The highest BCUT2D eigenvalue weighted by atomic mass is 79.9. The molecule has 0 bridgehead atoms. The van der Waals surface area contributed by atoms with Crippen LogP contribution in [0.25, 0.3) is 33.3 Å². The van der Waals surface area contributed by atoms with Gasteiger partial charge in [-0.2, -0.15) is 0 Å². The Balaban J connectivity index is 2.03. The van der Waals surface area contributed by atoms with Crippen LogP contribution in [0.2, 0.25) is 0 Å². The van der Waals surface area contributed by atoms with E-state index in [9.17, 15) is 0 Å². The number of fused-ring (bicyclic) bond motifs is 2. The lowest BCUT2D eigenvalue weighted by atomic mass is 10.0. The molecule has 0 spiro atoms. The van der Waals surface area contributed by atoms with Gasteiger partial charge in [-0.15, -0.1) is 0 Å². The Kier molecular flexibility index (Phi) is 3.20. The molecule has 22 heavy (non-hydrogen) atoms. The summed E-state index contributed by atoms with van der Waals surface area (Å²) in [7, 11) is 0. The van der Waals surface area contributed by atoms with Crippen LogP contribution in [0.1, 0.15) is 0 Å². The van der Waals surface area contributed by atoms with Crippen LogP contribution in [0.5, 0.6) is 0 Å². The lowest BCUT2D eigenvalue weighted by molar-refractivity contribution is 0.619. The van der Waals surface area contributed by atoms with Gasteiger partial charge in [-0.1, -0.05) is 36.4 Å². The van der Waals surface area contributed by atoms with E-state index >= 15 is 0 Å². The van der Waals surface area contributed by atoms with Crippen LogP contribution in [0.4, 0.5) is 5.69 Å². The number of rotatable bonds is 1. The van der Waals surface area contributed by atoms with Gasteiger partial charge in [0.1, 0.15) is 5.52 Å². The summed E-state index contributed by atoms with van der Waals surface area (Å²) in [6.45, 7) is 0. The number of anilines is 1. The second kappa shape index (κ2) is 5.11. The molecule has 4 rings (SSSR count). The van der Waals surface area contributed by atoms with Crippen molar-refractivity contribution < 1.29 is 4.42 Å². The minimum absolute atomic E-state index is 0.588. The Morgan fingerprint density at radius 2 is 1.77 bits per heavy atom. The van der Waals surface area contributed by atoms with E-state index in [1.54, 1.807) is 0 Å². The van der Waals surface area contributed by atoms with Gasteiger partial charge < -0.3 is 10.2 Å². The standard InChI is InChI=1S/C17H10Br2N2O/c18-12-8-13-16(14(19)15(12)20)22-17(21-13)11-7-3-5-9-4-1-2-6-10(9)11/h1-8H,20H2. The molecule has 0 aliphatic rings. The molecule has 0 radical (unpaired) electrons. The Bertz CT molecular complexity index is 1020. The second-order valence-electron chi connectivity index (χ2n) is 4.98. The Hall–Kier alpha value is -1.85. The number of benzene rings is 3. The summed E-state index contributed by atoms with van der Waals surface area (Å²) in [6, 6.07) is 16.1. The molecular weight excluding hydrogens is 408 g/mol. The molecule has 0 amide bonds. The van der Waals surface area contributed by atoms with Gasteiger partial charge >= 0.3 is 0 Å². The molecule has 5 heteroatoms. The van der Waals surface area contributed by atoms with Gasteiger partial charge in [0, 0.05) is 10.0 Å². The zero-order chi connectivity index (χ0) is 15.3. The van der Waals surface area contributed by atoms with Crippen LogP contribution in [-0.4, -0.2) is 4.98 Å². The first-order valence-corrected chi connectivity index (χ1v) is 8.26. The van der Waals surface area contributed by atoms with Crippen molar-refractivity contribution in [1.82, 2.24) is 4.98 Å². The van der Waals surface area contributed by atoms with Crippen molar-refractivity contribution in [1.29, 1.82) is 0 Å². The number of nitrogens with two attached hydrogens (primary N) is 1. The van der Waals surface area contributed by atoms with Crippen molar-refractivity contribution in [2.75, 3.05) is 5.73 Å². The summed E-state index contributed by atoms with van der Waals surface area (Å²) in [5, 5.41) is 2.27. The average molecular weight is 418 g/mol. The van der Waals surface area contributed by atoms with Crippen LogP contribution in [0, 0.1) is 0 Å². The summed E-state index contributed by atoms with van der Waals surface area (Å²) < 4.78 is 7.48. The van der Waals surface area contributed by atoms with E-state index in [0.717, 1.165) is 30.8 Å². The predicted octanol–water partition coefficient (Wildman–Crippen LogP) is 5.76. The van der Waals surface area contributed by atoms with Crippen molar-refractivity contribution in [3.63, 3.8) is 0 Å². The molecule has 3 nitrogen and oxygen atoms in total. The molecule has 1 aromatic heterocycles. The maximum absolute atomic E-state index is 6.00. The summed E-state index contributed by atoms with van der Waals surface area (Å²) in [5.41, 5.74) is 8.99. The molecule has 0 saturated carbocycles. The number of nitrogen functional groups attached to an aromatic ring is 1. The third-order valence-corrected chi connectivity index (χ3v) is 5.07. The maximum Gasteiger partial charge on any atom is 0.228 e. The van der Waals surface area contributed by atoms with E-state index in [4.69, 9.17) is 10.2 Å². The number of aromatic nitrogens is 1. The summed E-state index contributed by atoms with van der Waals surface area (Å²) in [6.07, 6.45) is 0. The minimum Gasteiger partial charge on any atom is -0.435 e. The van der Waals surface area contributed by atoms with Gasteiger partial charge in [-0.05, 0) is 54.8 Å². The zero-order valence-electron chi connectivity index (χ0n) is 11.3. The van der Waals surface area contributed by atoms with E-state index in [0.29, 0.717) is 17.2 Å². The fourth-order valence-corrected chi connectivity index (χ4v) is 3.72. The molecule has 3 aromatic carbocycles. The fourth-order valence-electron chi connectivity index (χ4n) is 2.54. The van der Waals surface area contributed by atoms with Crippen LogP contribution in [0.15, 0.2) is 61.9 Å². The first-order chi connectivity index (χ1) is 10.6. The third kappa shape index (κ3) is 2.04. The molecule has 0 fully saturated rings. The number of hydrogen-bond acceptors (Lipinski definition) is 3. The van der Waals surface area contributed by atoms with Gasteiger partial charge in [0.05, 0.1) is 10.2 Å². The molecule has 0 aliphatic carbocycles. The van der Waals surface area contributed by atoms with Crippen molar-refractivity contribution in [2.24, 2.45) is 0 Å². The number of halogens is 2. The molecule has 108 valence electrons. The van der Waals surface area contributed by atoms with Gasteiger partial charge in [-0.25, -0.2) is 4.98 Å².